The second-order valence-corrected chi connectivity index (χ2v) is 3.71. The summed E-state index contributed by atoms with van der Waals surface area (Å²) >= 11 is 0. The zero-order valence-corrected chi connectivity index (χ0v) is 10.7. The summed E-state index contributed by atoms with van der Waals surface area (Å²) in [7, 11) is 1.36. The Balaban J connectivity index is 3.02. The Morgan fingerprint density at radius 2 is 2.16 bits per heavy atom. The van der Waals surface area contributed by atoms with Crippen LogP contribution >= 0.6 is 0 Å². The van der Waals surface area contributed by atoms with E-state index >= 15 is 0 Å². The van der Waals surface area contributed by atoms with Crippen LogP contribution in [-0.2, 0) is 9.53 Å². The van der Waals surface area contributed by atoms with Crippen molar-refractivity contribution < 1.29 is 24.5 Å². The first kappa shape index (κ1) is 15.0. The first-order chi connectivity index (χ1) is 9.04. The Morgan fingerprint density at radius 1 is 1.47 bits per heavy atom. The van der Waals surface area contributed by atoms with E-state index in [1.807, 2.05) is 6.07 Å². The number of methoxy groups -OCH3 is 1. The van der Waals surface area contributed by atoms with Gasteiger partial charge in [-0.05, 0) is 19.1 Å². The van der Waals surface area contributed by atoms with Gasteiger partial charge >= 0.3 is 5.97 Å². The van der Waals surface area contributed by atoms with Gasteiger partial charge in [-0.25, -0.2) is 4.79 Å². The molecule has 0 aliphatic rings. The minimum atomic E-state index is -1.71. The van der Waals surface area contributed by atoms with Crippen LogP contribution in [0.3, 0.4) is 0 Å². The first-order valence-corrected chi connectivity index (χ1v) is 5.66. The van der Waals surface area contributed by atoms with Crippen molar-refractivity contribution in [1.29, 1.82) is 5.26 Å². The lowest BCUT2D eigenvalue weighted by Crippen LogP contribution is -2.30. The number of aliphatic hydroxyl groups excluding tert-OH is 2. The van der Waals surface area contributed by atoms with Gasteiger partial charge in [0.2, 0.25) is 0 Å². The van der Waals surface area contributed by atoms with Crippen molar-refractivity contribution in [2.24, 2.45) is 0 Å². The summed E-state index contributed by atoms with van der Waals surface area (Å²) in [6.07, 6.45) is -3.19. The van der Waals surface area contributed by atoms with Crippen molar-refractivity contribution in [3.8, 4) is 11.8 Å². The fraction of sp³-hybridized carbons (Fsp3) is 0.385. The summed E-state index contributed by atoms with van der Waals surface area (Å²) in [5.74, 6) is -0.698. The molecule has 0 fully saturated rings. The second-order valence-electron chi connectivity index (χ2n) is 3.71. The SMILES string of the molecule is CCOC(=O)C(O)C(O)c1ccc(C#N)cc1OC. The molecule has 2 atom stereocenters. The average Bonchev–Trinajstić information content (AvgIpc) is 2.45. The van der Waals surface area contributed by atoms with Crippen LogP contribution < -0.4 is 4.74 Å². The summed E-state index contributed by atoms with van der Waals surface area (Å²) in [6, 6.07) is 6.22. The van der Waals surface area contributed by atoms with Gasteiger partial charge in [0.05, 0.1) is 25.3 Å². The van der Waals surface area contributed by atoms with Crippen molar-refractivity contribution in [2.45, 2.75) is 19.1 Å². The first-order valence-electron chi connectivity index (χ1n) is 5.66. The number of benzene rings is 1. The number of carbonyl (C=O) groups is 1. The summed E-state index contributed by atoms with van der Waals surface area (Å²) in [5.41, 5.74) is 0.556. The van der Waals surface area contributed by atoms with E-state index in [9.17, 15) is 15.0 Å². The van der Waals surface area contributed by atoms with E-state index in [-0.39, 0.29) is 17.9 Å². The van der Waals surface area contributed by atoms with Crippen LogP contribution in [0.1, 0.15) is 24.2 Å². The highest BCUT2D eigenvalue weighted by Gasteiger charge is 2.29. The number of hydrogen-bond acceptors (Lipinski definition) is 6. The minimum absolute atomic E-state index is 0.104. The van der Waals surface area contributed by atoms with Gasteiger partial charge in [-0.1, -0.05) is 6.07 Å². The summed E-state index contributed by atoms with van der Waals surface area (Å²) in [5, 5.41) is 28.4. The third kappa shape index (κ3) is 3.44. The highest BCUT2D eigenvalue weighted by atomic mass is 16.5. The molecule has 0 amide bonds. The summed E-state index contributed by atoms with van der Waals surface area (Å²) < 4.78 is 9.65. The Labute approximate surface area is 110 Å². The van der Waals surface area contributed by atoms with Crippen LogP contribution in [0.4, 0.5) is 0 Å². The van der Waals surface area contributed by atoms with Crippen LogP contribution in [0.2, 0.25) is 0 Å². The topological polar surface area (TPSA) is 99.8 Å². The summed E-state index contributed by atoms with van der Waals surface area (Å²) in [4.78, 5) is 11.4. The maximum absolute atomic E-state index is 11.4. The molecule has 0 spiro atoms. The van der Waals surface area contributed by atoms with Crippen LogP contribution in [0.15, 0.2) is 18.2 Å². The molecule has 0 heterocycles. The number of hydrogen-bond donors (Lipinski definition) is 2. The Hall–Kier alpha value is -2.10. The van der Waals surface area contributed by atoms with E-state index in [1.54, 1.807) is 6.92 Å². The molecule has 0 aromatic heterocycles. The van der Waals surface area contributed by atoms with E-state index < -0.39 is 18.2 Å². The van der Waals surface area contributed by atoms with Gasteiger partial charge in [0.1, 0.15) is 11.9 Å². The molecule has 2 N–H and O–H groups in total. The Kier molecular flexibility index (Phi) is 5.30. The molecule has 102 valence electrons. The van der Waals surface area contributed by atoms with Crippen molar-refractivity contribution in [2.75, 3.05) is 13.7 Å². The number of nitriles is 1. The van der Waals surface area contributed by atoms with Gasteiger partial charge in [-0.2, -0.15) is 5.26 Å². The van der Waals surface area contributed by atoms with Gasteiger partial charge < -0.3 is 19.7 Å². The molecule has 0 radical (unpaired) electrons. The number of carbonyl (C=O) groups excluding carboxylic acids is 1. The Morgan fingerprint density at radius 3 is 2.68 bits per heavy atom. The molecule has 0 saturated carbocycles. The quantitative estimate of drug-likeness (QED) is 0.753. The number of aliphatic hydroxyl groups is 2. The molecule has 0 saturated heterocycles. The molecule has 1 rings (SSSR count). The lowest BCUT2D eigenvalue weighted by Gasteiger charge is -2.19. The molecule has 1 aromatic rings. The molecule has 19 heavy (non-hydrogen) atoms. The number of rotatable bonds is 5. The molecule has 0 aliphatic carbocycles. The monoisotopic (exact) mass is 265 g/mol. The molecular formula is C13H15NO5. The largest absolute Gasteiger partial charge is 0.496 e. The third-order valence-corrected chi connectivity index (χ3v) is 2.51. The number of ether oxygens (including phenoxy) is 2. The molecule has 0 aliphatic heterocycles. The minimum Gasteiger partial charge on any atom is -0.496 e. The van der Waals surface area contributed by atoms with Gasteiger partial charge in [0, 0.05) is 5.56 Å². The fourth-order valence-electron chi connectivity index (χ4n) is 1.55. The van der Waals surface area contributed by atoms with Crippen LogP contribution in [0, 0.1) is 11.3 Å². The zero-order chi connectivity index (χ0) is 14.4. The van der Waals surface area contributed by atoms with Gasteiger partial charge in [0.25, 0.3) is 0 Å². The van der Waals surface area contributed by atoms with Gasteiger partial charge in [-0.15, -0.1) is 0 Å². The maximum Gasteiger partial charge on any atom is 0.338 e. The van der Waals surface area contributed by atoms with E-state index in [0.29, 0.717) is 5.56 Å². The fourth-order valence-corrected chi connectivity index (χ4v) is 1.55. The third-order valence-electron chi connectivity index (χ3n) is 2.51. The highest BCUT2D eigenvalue weighted by molar-refractivity contribution is 5.75. The van der Waals surface area contributed by atoms with Crippen molar-refractivity contribution in [3.63, 3.8) is 0 Å². The smallest absolute Gasteiger partial charge is 0.338 e. The standard InChI is InChI=1S/C13H15NO5/c1-3-19-13(17)12(16)11(15)9-5-4-8(7-14)6-10(9)18-2/h4-6,11-12,15-16H,3H2,1-2H3. The maximum atomic E-state index is 11.4. The zero-order valence-electron chi connectivity index (χ0n) is 10.7. The van der Waals surface area contributed by atoms with E-state index in [2.05, 4.69) is 4.74 Å². The molecule has 0 bridgehead atoms. The summed E-state index contributed by atoms with van der Waals surface area (Å²) in [6.45, 7) is 1.70. The molecule has 2 unspecified atom stereocenters. The van der Waals surface area contributed by atoms with Crippen molar-refractivity contribution in [1.82, 2.24) is 0 Å². The highest BCUT2D eigenvalue weighted by Crippen LogP contribution is 2.28. The second kappa shape index (κ2) is 6.73. The van der Waals surface area contributed by atoms with Gasteiger partial charge in [0.15, 0.2) is 6.10 Å². The Bertz CT molecular complexity index is 494. The van der Waals surface area contributed by atoms with Crippen LogP contribution in [-0.4, -0.2) is 36.0 Å². The van der Waals surface area contributed by atoms with E-state index in [0.717, 1.165) is 0 Å². The number of esters is 1. The lowest BCUT2D eigenvalue weighted by molar-refractivity contribution is -0.159. The van der Waals surface area contributed by atoms with E-state index in [4.69, 9.17) is 10.00 Å². The number of nitrogens with zero attached hydrogens (tertiary/aromatic N) is 1. The normalized spacial score (nSPS) is 13.2. The molecule has 1 aromatic carbocycles. The molecule has 6 nitrogen and oxygen atoms in total. The van der Waals surface area contributed by atoms with Gasteiger partial charge in [-0.3, -0.25) is 0 Å². The van der Waals surface area contributed by atoms with Crippen molar-refractivity contribution >= 4 is 5.97 Å². The molecule has 6 heteroatoms. The molecular weight excluding hydrogens is 250 g/mol. The lowest BCUT2D eigenvalue weighted by atomic mass is 10.0. The van der Waals surface area contributed by atoms with Crippen LogP contribution in [0.25, 0.3) is 0 Å². The predicted octanol–water partition coefficient (Wildman–Crippen LogP) is 0.524. The van der Waals surface area contributed by atoms with E-state index in [1.165, 1.54) is 25.3 Å². The predicted molar refractivity (Wildman–Crippen MR) is 65.3 cm³/mol. The van der Waals surface area contributed by atoms with Crippen molar-refractivity contribution in [3.05, 3.63) is 29.3 Å². The van der Waals surface area contributed by atoms with Crippen LogP contribution in [0.5, 0.6) is 5.75 Å². The average molecular weight is 265 g/mol.